The van der Waals surface area contributed by atoms with Crippen molar-refractivity contribution in [3.63, 3.8) is 0 Å². The third kappa shape index (κ3) is 1.86. The summed E-state index contributed by atoms with van der Waals surface area (Å²) < 4.78 is 0. The number of H-pyrrole nitrogens is 1. The van der Waals surface area contributed by atoms with Crippen molar-refractivity contribution in [1.29, 1.82) is 0 Å². The van der Waals surface area contributed by atoms with Crippen LogP contribution in [0, 0.1) is 5.41 Å². The van der Waals surface area contributed by atoms with Gasteiger partial charge >= 0.3 is 0 Å². The Bertz CT molecular complexity index is 353. The molecule has 0 bridgehead atoms. The Balaban J connectivity index is 1.89. The maximum absolute atomic E-state index is 11.5. The number of nitrogens with one attached hydrogen (secondary N) is 2. The van der Waals surface area contributed by atoms with Gasteiger partial charge in [-0.05, 0) is 18.3 Å². The second-order valence-corrected chi connectivity index (χ2v) is 4.20. The van der Waals surface area contributed by atoms with Crippen molar-refractivity contribution in [3.05, 3.63) is 11.8 Å². The molecule has 1 heterocycles. The summed E-state index contributed by atoms with van der Waals surface area (Å²) in [5, 5.41) is 9.11. The largest absolute Gasteiger partial charge is 0.382 e. The first-order chi connectivity index (χ1) is 6.59. The highest BCUT2D eigenvalue weighted by Gasteiger charge is 2.37. The lowest BCUT2D eigenvalue weighted by Crippen LogP contribution is -2.29. The molecule has 0 aliphatic heterocycles. The molecular weight excluding hydrogens is 180 g/mol. The number of aromatic amines is 1. The van der Waals surface area contributed by atoms with E-state index in [1.165, 1.54) is 18.9 Å². The van der Waals surface area contributed by atoms with E-state index in [2.05, 4.69) is 22.4 Å². The number of nitrogens with zero attached hydrogens (tertiary/aromatic N) is 1. The van der Waals surface area contributed by atoms with E-state index in [-0.39, 0.29) is 5.91 Å². The standard InChI is InChI=1S/C9H14N4O/c1-9(2-3-9)5-11-8(14)6-4-7(10)13-12-6/h4H,2-3,5H2,1H3,(H,11,14)(H3,10,12,13). The molecule has 0 aromatic carbocycles. The van der Waals surface area contributed by atoms with Gasteiger partial charge in [0.2, 0.25) is 0 Å². The molecule has 2 rings (SSSR count). The molecule has 0 atom stereocenters. The summed E-state index contributed by atoms with van der Waals surface area (Å²) in [5.74, 6) is 0.204. The van der Waals surface area contributed by atoms with Gasteiger partial charge in [0.05, 0.1) is 0 Å². The van der Waals surface area contributed by atoms with E-state index < -0.39 is 0 Å². The van der Waals surface area contributed by atoms with Gasteiger partial charge < -0.3 is 11.1 Å². The number of nitrogen functional groups attached to an aromatic ring is 1. The van der Waals surface area contributed by atoms with E-state index in [4.69, 9.17) is 5.73 Å². The van der Waals surface area contributed by atoms with Crippen LogP contribution < -0.4 is 11.1 Å². The van der Waals surface area contributed by atoms with E-state index in [1.54, 1.807) is 0 Å². The number of rotatable bonds is 3. The minimum Gasteiger partial charge on any atom is -0.382 e. The van der Waals surface area contributed by atoms with Crippen LogP contribution in [-0.2, 0) is 0 Å². The van der Waals surface area contributed by atoms with Crippen LogP contribution in [0.4, 0.5) is 5.82 Å². The number of amides is 1. The van der Waals surface area contributed by atoms with Crippen molar-refractivity contribution in [2.24, 2.45) is 5.41 Å². The minimum atomic E-state index is -0.137. The first kappa shape index (κ1) is 9.05. The highest BCUT2D eigenvalue weighted by molar-refractivity contribution is 5.92. The monoisotopic (exact) mass is 194 g/mol. The average Bonchev–Trinajstić information content (AvgIpc) is 2.71. The number of hydrogen-bond donors (Lipinski definition) is 3. The summed E-state index contributed by atoms with van der Waals surface area (Å²) >= 11 is 0. The highest BCUT2D eigenvalue weighted by Crippen LogP contribution is 2.44. The van der Waals surface area contributed by atoms with Crippen LogP contribution >= 0.6 is 0 Å². The molecule has 1 aromatic heterocycles. The number of carbonyl (C=O) groups excluding carboxylic acids is 1. The van der Waals surface area contributed by atoms with Gasteiger partial charge in [0.15, 0.2) is 0 Å². The molecule has 76 valence electrons. The van der Waals surface area contributed by atoms with E-state index in [1.807, 2.05) is 0 Å². The van der Waals surface area contributed by atoms with Gasteiger partial charge in [-0.2, -0.15) is 5.10 Å². The lowest BCUT2D eigenvalue weighted by molar-refractivity contribution is 0.0941. The summed E-state index contributed by atoms with van der Waals surface area (Å²) in [4.78, 5) is 11.5. The fourth-order valence-corrected chi connectivity index (χ4v) is 1.23. The molecule has 0 radical (unpaired) electrons. The zero-order chi connectivity index (χ0) is 10.2. The van der Waals surface area contributed by atoms with Crippen molar-refractivity contribution in [3.8, 4) is 0 Å². The molecule has 1 aliphatic rings. The van der Waals surface area contributed by atoms with Crippen molar-refractivity contribution in [2.75, 3.05) is 12.3 Å². The molecule has 1 amide bonds. The van der Waals surface area contributed by atoms with Crippen LogP contribution in [-0.4, -0.2) is 22.6 Å². The summed E-state index contributed by atoms with van der Waals surface area (Å²) in [7, 11) is 0. The second kappa shape index (κ2) is 3.01. The van der Waals surface area contributed by atoms with Gasteiger partial charge in [0, 0.05) is 12.6 Å². The van der Waals surface area contributed by atoms with Gasteiger partial charge in [0.25, 0.3) is 5.91 Å². The number of nitrogens with two attached hydrogens (primary N) is 1. The zero-order valence-electron chi connectivity index (χ0n) is 8.13. The Morgan fingerprint density at radius 3 is 3.00 bits per heavy atom. The molecule has 0 unspecified atom stereocenters. The number of anilines is 1. The van der Waals surface area contributed by atoms with Crippen molar-refractivity contribution in [1.82, 2.24) is 15.5 Å². The van der Waals surface area contributed by atoms with Gasteiger partial charge in [-0.1, -0.05) is 6.92 Å². The lowest BCUT2D eigenvalue weighted by Gasteiger charge is -2.08. The molecule has 14 heavy (non-hydrogen) atoms. The SMILES string of the molecule is CC1(CNC(=O)c2cc(N)n[nH]2)CC1. The Hall–Kier alpha value is -1.52. The van der Waals surface area contributed by atoms with E-state index in [0.29, 0.717) is 16.9 Å². The first-order valence-electron chi connectivity index (χ1n) is 4.68. The van der Waals surface area contributed by atoms with Gasteiger partial charge in [-0.3, -0.25) is 9.89 Å². The molecule has 4 N–H and O–H groups in total. The topological polar surface area (TPSA) is 83.8 Å². The summed E-state index contributed by atoms with van der Waals surface area (Å²) in [6.45, 7) is 2.89. The Morgan fingerprint density at radius 2 is 2.50 bits per heavy atom. The van der Waals surface area contributed by atoms with E-state index in [0.717, 1.165) is 6.54 Å². The number of aromatic nitrogens is 2. The molecule has 0 saturated heterocycles. The summed E-state index contributed by atoms with van der Waals surface area (Å²) in [6, 6.07) is 1.53. The van der Waals surface area contributed by atoms with Crippen molar-refractivity contribution >= 4 is 11.7 Å². The van der Waals surface area contributed by atoms with Crippen LogP contribution in [0.15, 0.2) is 6.07 Å². The first-order valence-corrected chi connectivity index (χ1v) is 4.68. The molecule has 5 nitrogen and oxygen atoms in total. The Labute approximate surface area is 82.1 Å². The van der Waals surface area contributed by atoms with E-state index in [9.17, 15) is 4.79 Å². The van der Waals surface area contributed by atoms with Crippen LogP contribution in [0.5, 0.6) is 0 Å². The maximum Gasteiger partial charge on any atom is 0.269 e. The maximum atomic E-state index is 11.5. The molecule has 1 aliphatic carbocycles. The molecule has 1 aromatic rings. The molecule has 1 fully saturated rings. The second-order valence-electron chi connectivity index (χ2n) is 4.20. The van der Waals surface area contributed by atoms with Gasteiger partial charge in [-0.25, -0.2) is 0 Å². The third-order valence-electron chi connectivity index (χ3n) is 2.62. The third-order valence-corrected chi connectivity index (χ3v) is 2.62. The lowest BCUT2D eigenvalue weighted by atomic mass is 10.1. The minimum absolute atomic E-state index is 0.137. The quantitative estimate of drug-likeness (QED) is 0.656. The van der Waals surface area contributed by atoms with Crippen LogP contribution in [0.1, 0.15) is 30.3 Å². The summed E-state index contributed by atoms with van der Waals surface area (Å²) in [5.41, 5.74) is 6.13. The molecular formula is C9H14N4O. The van der Waals surface area contributed by atoms with Crippen LogP contribution in [0.2, 0.25) is 0 Å². The Kier molecular flexibility index (Phi) is 1.94. The van der Waals surface area contributed by atoms with Gasteiger partial charge in [-0.15, -0.1) is 0 Å². The predicted molar refractivity (Wildman–Crippen MR) is 52.7 cm³/mol. The molecule has 1 saturated carbocycles. The fraction of sp³-hybridized carbons (Fsp3) is 0.556. The smallest absolute Gasteiger partial charge is 0.269 e. The molecule has 5 heteroatoms. The van der Waals surface area contributed by atoms with Crippen molar-refractivity contribution in [2.45, 2.75) is 19.8 Å². The number of carbonyl (C=O) groups is 1. The average molecular weight is 194 g/mol. The summed E-state index contributed by atoms with van der Waals surface area (Å²) in [6.07, 6.45) is 2.39. The number of hydrogen-bond acceptors (Lipinski definition) is 3. The fourth-order valence-electron chi connectivity index (χ4n) is 1.23. The molecule has 0 spiro atoms. The Morgan fingerprint density at radius 1 is 1.79 bits per heavy atom. The highest BCUT2D eigenvalue weighted by atomic mass is 16.1. The van der Waals surface area contributed by atoms with Crippen molar-refractivity contribution < 1.29 is 4.79 Å². The van der Waals surface area contributed by atoms with E-state index >= 15 is 0 Å². The van der Waals surface area contributed by atoms with Crippen LogP contribution in [0.25, 0.3) is 0 Å². The zero-order valence-corrected chi connectivity index (χ0v) is 8.13. The predicted octanol–water partition coefficient (Wildman–Crippen LogP) is 0.522. The normalized spacial score (nSPS) is 17.8. The van der Waals surface area contributed by atoms with Gasteiger partial charge in [0.1, 0.15) is 11.5 Å². The van der Waals surface area contributed by atoms with Crippen LogP contribution in [0.3, 0.4) is 0 Å².